The van der Waals surface area contributed by atoms with E-state index in [1.807, 2.05) is 35.4 Å². The van der Waals surface area contributed by atoms with Crippen molar-refractivity contribution < 1.29 is 22.9 Å². The van der Waals surface area contributed by atoms with Gasteiger partial charge >= 0.3 is 5.69 Å². The molecule has 0 unspecified atom stereocenters. The van der Waals surface area contributed by atoms with Gasteiger partial charge in [-0.15, -0.1) is 0 Å². The molecular formula is C52H63N9O6S. The van der Waals surface area contributed by atoms with Crippen molar-refractivity contribution in [3.63, 3.8) is 0 Å². The van der Waals surface area contributed by atoms with E-state index < -0.39 is 31.4 Å². The molecule has 358 valence electrons. The smallest absolute Gasteiger partial charge is 0.312 e. The highest BCUT2D eigenvalue weighted by Crippen LogP contribution is 2.55. The Labute approximate surface area is 398 Å². The van der Waals surface area contributed by atoms with Gasteiger partial charge in [-0.25, -0.2) is 18.1 Å². The molecule has 3 saturated carbocycles. The summed E-state index contributed by atoms with van der Waals surface area (Å²) in [5, 5.41) is 16.3. The number of aromatic nitrogens is 3. The number of nitrogens with one attached hydrogen (secondary N) is 3. The fraction of sp³-hybridized carbons (Fsp3) is 0.519. The zero-order valence-corrected chi connectivity index (χ0v) is 40.0. The number of carbonyl (C=O) groups excluding carboxylic acids is 1. The van der Waals surface area contributed by atoms with Crippen molar-refractivity contribution in [1.29, 1.82) is 0 Å². The molecule has 1 amide bonds. The van der Waals surface area contributed by atoms with Gasteiger partial charge in [0, 0.05) is 61.6 Å². The third-order valence-electron chi connectivity index (χ3n) is 16.3. The summed E-state index contributed by atoms with van der Waals surface area (Å²) in [4.78, 5) is 45.0. The minimum absolute atomic E-state index is 0.00135. The summed E-state index contributed by atoms with van der Waals surface area (Å²) in [6, 6.07) is 20.8. The maximum Gasteiger partial charge on any atom is 0.312 e. The molecule has 0 radical (unpaired) electrons. The van der Waals surface area contributed by atoms with Crippen LogP contribution < -0.4 is 24.6 Å². The fourth-order valence-electron chi connectivity index (χ4n) is 12.1. The first-order chi connectivity index (χ1) is 32.8. The van der Waals surface area contributed by atoms with E-state index >= 15 is 0 Å². The summed E-state index contributed by atoms with van der Waals surface area (Å²) in [5.74, 6) is 0.627. The highest BCUT2D eigenvalue weighted by molar-refractivity contribution is 7.90. The predicted octanol–water partition coefficient (Wildman–Crippen LogP) is 10.00. The molecule has 1 spiro atoms. The first-order valence-electron chi connectivity index (χ1n) is 24.9. The van der Waals surface area contributed by atoms with Gasteiger partial charge in [-0.3, -0.25) is 19.8 Å². The molecule has 3 N–H and O–H groups in total. The quantitative estimate of drug-likeness (QED) is 0.0798. The Morgan fingerprint density at radius 2 is 1.69 bits per heavy atom. The van der Waals surface area contributed by atoms with E-state index in [2.05, 4.69) is 67.9 Å². The first-order valence-corrected chi connectivity index (χ1v) is 26.4. The zero-order chi connectivity index (χ0) is 46.8. The maximum absolute atomic E-state index is 14.4. The Morgan fingerprint density at radius 3 is 2.46 bits per heavy atom. The highest BCUT2D eigenvalue weighted by Gasteiger charge is 2.50. The van der Waals surface area contributed by atoms with Gasteiger partial charge in [-0.2, -0.15) is 4.98 Å². The van der Waals surface area contributed by atoms with E-state index in [0.29, 0.717) is 72.4 Å². The fourth-order valence-corrected chi connectivity index (χ4v) is 13.0. The third kappa shape index (κ3) is 8.78. The average Bonchev–Trinajstić information content (AvgIpc) is 3.95. The molecule has 16 heteroatoms. The van der Waals surface area contributed by atoms with Crippen LogP contribution in [0.3, 0.4) is 0 Å². The molecule has 2 aromatic carbocycles. The number of anilines is 4. The number of carbonyl (C=O) groups is 1. The Hall–Kier alpha value is -5.74. The molecular weight excluding hydrogens is 879 g/mol. The number of nitrogens with zero attached hydrogens (tertiary/aromatic N) is 6. The lowest BCUT2D eigenvalue weighted by molar-refractivity contribution is -0.384. The van der Waals surface area contributed by atoms with Gasteiger partial charge in [0.05, 0.1) is 29.0 Å². The summed E-state index contributed by atoms with van der Waals surface area (Å²) in [6.07, 6.45) is 17.4. The van der Waals surface area contributed by atoms with Crippen molar-refractivity contribution >= 4 is 55.5 Å². The van der Waals surface area contributed by atoms with E-state index in [1.54, 1.807) is 17.2 Å². The number of ether oxygens (including phenoxy) is 1. The number of pyridine rings is 2. The van der Waals surface area contributed by atoms with E-state index in [0.717, 1.165) is 80.9 Å². The first kappa shape index (κ1) is 44.7. The number of sulfonamides is 1. The Bertz CT molecular complexity index is 2840. The molecule has 15 nitrogen and oxygen atoms in total. The zero-order valence-electron chi connectivity index (χ0n) is 39.2. The number of aromatic amines is 1. The normalized spacial score (nSPS) is 22.1. The van der Waals surface area contributed by atoms with Gasteiger partial charge in [-0.05, 0) is 154 Å². The topological polar surface area (TPSA) is 179 Å². The summed E-state index contributed by atoms with van der Waals surface area (Å²) in [7, 11) is -4.61. The molecule has 11 rings (SSSR count). The molecule has 0 bridgehead atoms. The molecule has 3 aliphatic heterocycles. The van der Waals surface area contributed by atoms with Gasteiger partial charge in [0.1, 0.15) is 16.2 Å². The van der Waals surface area contributed by atoms with Gasteiger partial charge in [0.15, 0.2) is 0 Å². The number of benzene rings is 2. The summed E-state index contributed by atoms with van der Waals surface area (Å²) in [5.41, 5.74) is 6.22. The van der Waals surface area contributed by atoms with E-state index in [-0.39, 0.29) is 16.8 Å². The summed E-state index contributed by atoms with van der Waals surface area (Å²) < 4.78 is 36.4. The predicted molar refractivity (Wildman–Crippen MR) is 263 cm³/mol. The van der Waals surface area contributed by atoms with Crippen molar-refractivity contribution in [3.8, 4) is 5.88 Å². The maximum atomic E-state index is 14.4. The lowest BCUT2D eigenvalue weighted by Gasteiger charge is -2.56. The van der Waals surface area contributed by atoms with Crippen LogP contribution in [0.4, 0.5) is 28.6 Å². The number of piperidine rings is 1. The number of hydrogen-bond donors (Lipinski definition) is 3. The number of amides is 1. The number of nitro groups is 1. The molecule has 1 atom stereocenters. The van der Waals surface area contributed by atoms with Crippen LogP contribution >= 0.6 is 0 Å². The SMILES string of the molecule is CC1(C)CCC(CNc2ncc(S(=O)(=O)NC(=O)c3ccc(N4CCC5(CC4)CC(N4CCC[C@@H]4c4ccccc4C4CC4)C5)cc3N3CCCOc4nc5[nH]ccc5cc43)cc2[N+](=O)[O-])CC1. The minimum Gasteiger partial charge on any atom is -0.476 e. The van der Waals surface area contributed by atoms with E-state index in [9.17, 15) is 23.3 Å². The van der Waals surface area contributed by atoms with Crippen molar-refractivity contribution in [1.82, 2.24) is 24.6 Å². The number of likely N-dealkylation sites (tertiary alicyclic amines) is 1. The van der Waals surface area contributed by atoms with Gasteiger partial charge in [0.2, 0.25) is 11.7 Å². The van der Waals surface area contributed by atoms with Crippen LogP contribution in [0.15, 0.2) is 78.0 Å². The number of rotatable bonds is 12. The second-order valence-corrected chi connectivity index (χ2v) is 23.0. The van der Waals surface area contributed by atoms with Crippen LogP contribution in [0.5, 0.6) is 5.88 Å². The van der Waals surface area contributed by atoms with Crippen LogP contribution in [-0.2, 0) is 10.0 Å². The van der Waals surface area contributed by atoms with Crippen LogP contribution in [0.2, 0.25) is 0 Å². The second kappa shape index (κ2) is 17.7. The molecule has 5 fully saturated rings. The van der Waals surface area contributed by atoms with Crippen molar-refractivity contribution in [2.24, 2.45) is 16.7 Å². The molecule has 2 saturated heterocycles. The Morgan fingerprint density at radius 1 is 0.912 bits per heavy atom. The Kier molecular flexibility index (Phi) is 11.6. The lowest BCUT2D eigenvalue weighted by Crippen LogP contribution is -2.55. The molecule has 5 aromatic rings. The minimum atomic E-state index is -4.61. The standard InChI is InChI=1S/C52H63N9O6S/c1-51(2)17-14-34(15-18-51)32-54-48-45(61(63)64)29-39(33-55-48)68(65,66)57-49(62)42-13-12-37(28-44(42)60-23-6-26-67-50-46(60)27-36-16-21-53-47(36)56-50)58-24-19-52(20-25-58)30-38(31-52)59-22-5-9-43(59)41-8-4-3-7-40(41)35-10-11-35/h3-4,7-8,12-13,16,21,27-29,33-35,38,43H,5-6,9-11,14-15,17-20,22-26,30-32H2,1-2H3,(H,53,56)(H,54,55)(H,57,62)/t43-/m1/s1. The van der Waals surface area contributed by atoms with E-state index in [4.69, 9.17) is 9.72 Å². The van der Waals surface area contributed by atoms with Crippen LogP contribution in [0, 0.1) is 26.9 Å². The number of hydrogen-bond acceptors (Lipinski definition) is 12. The van der Waals surface area contributed by atoms with Gasteiger partial charge in [0.25, 0.3) is 15.9 Å². The highest BCUT2D eigenvalue weighted by atomic mass is 32.2. The van der Waals surface area contributed by atoms with Crippen molar-refractivity contribution in [2.75, 3.05) is 54.4 Å². The molecule has 6 aliphatic rings. The number of fused-ring (bicyclic) bond motifs is 2. The second-order valence-electron chi connectivity index (χ2n) is 21.4. The van der Waals surface area contributed by atoms with Gasteiger partial charge < -0.3 is 24.8 Å². The third-order valence-corrected chi connectivity index (χ3v) is 17.6. The summed E-state index contributed by atoms with van der Waals surface area (Å²) >= 11 is 0. The molecule has 6 heterocycles. The lowest BCUT2D eigenvalue weighted by atomic mass is 9.59. The van der Waals surface area contributed by atoms with Crippen molar-refractivity contribution in [3.05, 3.63) is 99.9 Å². The molecule has 68 heavy (non-hydrogen) atoms. The van der Waals surface area contributed by atoms with Crippen LogP contribution in [-0.4, -0.2) is 84.5 Å². The van der Waals surface area contributed by atoms with Gasteiger partial charge in [-0.1, -0.05) is 38.1 Å². The average molecular weight is 942 g/mol. The molecule has 3 aromatic heterocycles. The monoisotopic (exact) mass is 941 g/mol. The van der Waals surface area contributed by atoms with E-state index in [1.165, 1.54) is 45.1 Å². The van der Waals surface area contributed by atoms with Crippen LogP contribution in [0.25, 0.3) is 11.0 Å². The largest absolute Gasteiger partial charge is 0.476 e. The van der Waals surface area contributed by atoms with Crippen LogP contribution in [0.1, 0.15) is 131 Å². The number of H-pyrrole nitrogens is 1. The summed E-state index contributed by atoms with van der Waals surface area (Å²) in [6.45, 7) is 8.82. The Balaban J connectivity index is 0.830. The molecule has 3 aliphatic carbocycles. The van der Waals surface area contributed by atoms with Crippen molar-refractivity contribution in [2.45, 2.75) is 120 Å².